The van der Waals surface area contributed by atoms with Crippen molar-refractivity contribution in [3.8, 4) is 17.2 Å². The van der Waals surface area contributed by atoms with Crippen LogP contribution in [0, 0.1) is 5.41 Å². The number of nitrogens with one attached hydrogen (secondary N) is 1. The number of carboxylic acid groups (broad SMARTS) is 1. The summed E-state index contributed by atoms with van der Waals surface area (Å²) >= 11 is 0. The average Bonchev–Trinajstić information content (AvgIpc) is 2.86. The van der Waals surface area contributed by atoms with Gasteiger partial charge >= 0.3 is 11.9 Å². The number of nitrogen functional groups attached to an aromatic ring is 1. The Morgan fingerprint density at radius 1 is 1.06 bits per heavy atom. The molecule has 1 unspecified atom stereocenters. The summed E-state index contributed by atoms with van der Waals surface area (Å²) in [6, 6.07) is 20.8. The third-order valence-corrected chi connectivity index (χ3v) is 5.17. The number of anilines is 1. The molecule has 0 aliphatic carbocycles. The number of hydrogen-bond acceptors (Lipinski definition) is 6. The van der Waals surface area contributed by atoms with Gasteiger partial charge in [0.1, 0.15) is 24.8 Å². The number of amides is 1. The van der Waals surface area contributed by atoms with E-state index in [9.17, 15) is 14.7 Å². The molecule has 0 aromatic heterocycles. The van der Waals surface area contributed by atoms with Crippen LogP contribution >= 0.6 is 0 Å². The number of carbonyl (C=O) groups is 2. The molecule has 34 heavy (non-hydrogen) atoms. The fourth-order valence-electron chi connectivity index (χ4n) is 3.44. The van der Waals surface area contributed by atoms with Crippen molar-refractivity contribution in [3.63, 3.8) is 0 Å². The van der Waals surface area contributed by atoms with E-state index < -0.39 is 18.0 Å². The minimum absolute atomic E-state index is 0.0225. The molecule has 9 nitrogen and oxygen atoms in total. The minimum Gasteiger partial charge on any atom is -0.490 e. The SMILES string of the molecule is N=C(N)c1ccc(OCC2COc3ccc(N(Cc4ccccc4)C(=O)C(=O)O)cc3O2)cc1. The largest absolute Gasteiger partial charge is 0.490 e. The van der Waals surface area contributed by atoms with Crippen LogP contribution in [0.15, 0.2) is 72.8 Å². The zero-order valence-electron chi connectivity index (χ0n) is 18.1. The first-order valence-corrected chi connectivity index (χ1v) is 10.5. The monoisotopic (exact) mass is 461 g/mol. The van der Waals surface area contributed by atoms with Crippen molar-refractivity contribution in [3.05, 3.63) is 83.9 Å². The molecule has 0 saturated carbocycles. The highest BCUT2D eigenvalue weighted by atomic mass is 16.6. The number of amidine groups is 1. The van der Waals surface area contributed by atoms with E-state index in [1.807, 2.05) is 30.3 Å². The van der Waals surface area contributed by atoms with Gasteiger partial charge in [-0.25, -0.2) is 4.79 Å². The van der Waals surface area contributed by atoms with Gasteiger partial charge < -0.3 is 25.1 Å². The number of fused-ring (bicyclic) bond motifs is 1. The average molecular weight is 461 g/mol. The predicted octanol–water partition coefficient (Wildman–Crippen LogP) is 2.81. The van der Waals surface area contributed by atoms with E-state index in [1.54, 1.807) is 42.5 Å². The molecular formula is C25H23N3O6. The number of carboxylic acids is 1. The van der Waals surface area contributed by atoms with Gasteiger partial charge in [-0.15, -0.1) is 0 Å². The van der Waals surface area contributed by atoms with E-state index in [2.05, 4.69) is 0 Å². The maximum Gasteiger partial charge on any atom is 0.394 e. The molecule has 1 aliphatic heterocycles. The Balaban J connectivity index is 1.48. The Labute approximate surface area is 195 Å². The smallest absolute Gasteiger partial charge is 0.394 e. The van der Waals surface area contributed by atoms with Crippen molar-refractivity contribution >= 4 is 23.4 Å². The van der Waals surface area contributed by atoms with Gasteiger partial charge in [0, 0.05) is 17.3 Å². The van der Waals surface area contributed by atoms with Gasteiger partial charge in [0.25, 0.3) is 0 Å². The molecule has 174 valence electrons. The standard InChI is InChI=1S/C25H23N3O6/c26-23(27)17-6-9-19(10-7-17)32-14-20-15-33-21-11-8-18(12-22(21)34-20)28(24(29)25(30)31)13-16-4-2-1-3-5-16/h1-12,20H,13-15H2,(H3,26,27)(H,30,31). The molecule has 0 spiro atoms. The summed E-state index contributed by atoms with van der Waals surface area (Å²) in [5.41, 5.74) is 7.22. The van der Waals surface area contributed by atoms with E-state index in [-0.39, 0.29) is 25.6 Å². The molecular weight excluding hydrogens is 438 g/mol. The molecule has 1 aliphatic rings. The van der Waals surface area contributed by atoms with Crippen LogP contribution in [0.25, 0.3) is 0 Å². The highest BCUT2D eigenvalue weighted by Gasteiger charge is 2.27. The minimum atomic E-state index is -1.55. The van der Waals surface area contributed by atoms with Gasteiger partial charge in [-0.05, 0) is 42.0 Å². The molecule has 1 atom stereocenters. The van der Waals surface area contributed by atoms with Crippen LogP contribution in [0.5, 0.6) is 17.2 Å². The lowest BCUT2D eigenvalue weighted by molar-refractivity contribution is -0.148. The third-order valence-electron chi connectivity index (χ3n) is 5.17. The molecule has 4 rings (SSSR count). The lowest BCUT2D eigenvalue weighted by atomic mass is 10.1. The third kappa shape index (κ3) is 5.26. The van der Waals surface area contributed by atoms with Crippen molar-refractivity contribution in [1.82, 2.24) is 0 Å². The van der Waals surface area contributed by atoms with Gasteiger partial charge in [-0.1, -0.05) is 30.3 Å². The van der Waals surface area contributed by atoms with E-state index >= 15 is 0 Å². The maximum atomic E-state index is 12.4. The summed E-state index contributed by atoms with van der Waals surface area (Å²) in [4.78, 5) is 25.0. The topological polar surface area (TPSA) is 135 Å². The number of nitrogens with zero attached hydrogens (tertiary/aromatic N) is 1. The van der Waals surface area contributed by atoms with Crippen LogP contribution in [0.4, 0.5) is 5.69 Å². The second-order valence-electron chi connectivity index (χ2n) is 7.61. The zero-order chi connectivity index (χ0) is 24.1. The highest BCUT2D eigenvalue weighted by Crippen LogP contribution is 2.36. The second-order valence-corrected chi connectivity index (χ2v) is 7.61. The first kappa shape index (κ1) is 22.7. The number of rotatable bonds is 7. The van der Waals surface area contributed by atoms with Crippen LogP contribution in [0.2, 0.25) is 0 Å². The fourth-order valence-corrected chi connectivity index (χ4v) is 3.44. The maximum absolute atomic E-state index is 12.4. The van der Waals surface area contributed by atoms with E-state index in [4.69, 9.17) is 25.4 Å². The van der Waals surface area contributed by atoms with Gasteiger partial charge in [-0.2, -0.15) is 0 Å². The van der Waals surface area contributed by atoms with Gasteiger partial charge in [0.05, 0.1) is 6.54 Å². The van der Waals surface area contributed by atoms with Crippen LogP contribution in [0.1, 0.15) is 11.1 Å². The first-order chi connectivity index (χ1) is 16.4. The van der Waals surface area contributed by atoms with E-state index in [0.29, 0.717) is 28.5 Å². The molecule has 0 radical (unpaired) electrons. The molecule has 1 heterocycles. The van der Waals surface area contributed by atoms with Gasteiger partial charge in [0.2, 0.25) is 0 Å². The quantitative estimate of drug-likeness (QED) is 0.280. The summed E-state index contributed by atoms with van der Waals surface area (Å²) in [5, 5.41) is 16.8. The van der Waals surface area contributed by atoms with Crippen molar-refractivity contribution in [2.24, 2.45) is 5.73 Å². The van der Waals surface area contributed by atoms with E-state index in [1.165, 1.54) is 4.90 Å². The van der Waals surface area contributed by atoms with Gasteiger partial charge in [0.15, 0.2) is 17.6 Å². The number of ether oxygens (including phenoxy) is 3. The van der Waals surface area contributed by atoms with Gasteiger partial charge in [-0.3, -0.25) is 15.1 Å². The van der Waals surface area contributed by atoms with Crippen molar-refractivity contribution in [2.45, 2.75) is 12.6 Å². The Morgan fingerprint density at radius 2 is 1.79 bits per heavy atom. The van der Waals surface area contributed by atoms with E-state index in [0.717, 1.165) is 5.56 Å². The highest BCUT2D eigenvalue weighted by molar-refractivity contribution is 6.37. The lowest BCUT2D eigenvalue weighted by Crippen LogP contribution is -2.37. The molecule has 3 aromatic rings. The molecule has 4 N–H and O–H groups in total. The first-order valence-electron chi connectivity index (χ1n) is 10.5. The van der Waals surface area contributed by atoms with Crippen molar-refractivity contribution < 1.29 is 28.9 Å². The Kier molecular flexibility index (Phi) is 6.63. The van der Waals surface area contributed by atoms with Crippen LogP contribution in [-0.4, -0.2) is 42.1 Å². The predicted molar refractivity (Wildman–Crippen MR) is 125 cm³/mol. The molecule has 9 heteroatoms. The number of hydrogen-bond donors (Lipinski definition) is 3. The lowest BCUT2D eigenvalue weighted by Gasteiger charge is -2.28. The summed E-state index contributed by atoms with van der Waals surface area (Å²) in [7, 11) is 0. The summed E-state index contributed by atoms with van der Waals surface area (Å²) in [6.07, 6.45) is -0.423. The van der Waals surface area contributed by atoms with Crippen LogP contribution in [0.3, 0.4) is 0 Å². The Bertz CT molecular complexity index is 1200. The molecule has 1 amide bonds. The Hall–Kier alpha value is -4.53. The van der Waals surface area contributed by atoms with Crippen molar-refractivity contribution in [1.29, 1.82) is 5.41 Å². The molecule has 0 saturated heterocycles. The number of carbonyl (C=O) groups excluding carboxylic acids is 1. The fraction of sp³-hybridized carbons (Fsp3) is 0.160. The van der Waals surface area contributed by atoms with Crippen molar-refractivity contribution in [2.75, 3.05) is 18.1 Å². The number of benzene rings is 3. The normalized spacial score (nSPS) is 14.2. The molecule has 3 aromatic carbocycles. The Morgan fingerprint density at radius 3 is 2.47 bits per heavy atom. The number of nitrogens with two attached hydrogens (primary N) is 1. The van der Waals surface area contributed by atoms with Crippen LogP contribution < -0.4 is 24.8 Å². The molecule has 0 bridgehead atoms. The zero-order valence-corrected chi connectivity index (χ0v) is 18.1. The second kappa shape index (κ2) is 9.95. The summed E-state index contributed by atoms with van der Waals surface area (Å²) in [6.45, 7) is 0.555. The summed E-state index contributed by atoms with van der Waals surface area (Å²) in [5.74, 6) is -1.14. The van der Waals surface area contributed by atoms with Crippen LogP contribution in [-0.2, 0) is 16.1 Å². The number of aliphatic carboxylic acids is 1. The molecule has 0 fully saturated rings. The summed E-state index contributed by atoms with van der Waals surface area (Å²) < 4.78 is 17.5.